The van der Waals surface area contributed by atoms with Crippen LogP contribution in [0.25, 0.3) is 6.08 Å². The molecule has 0 unspecified atom stereocenters. The lowest BCUT2D eigenvalue weighted by Gasteiger charge is -2.14. The van der Waals surface area contributed by atoms with Crippen LogP contribution in [0, 0.1) is 20.8 Å². The summed E-state index contributed by atoms with van der Waals surface area (Å²) in [4.78, 5) is 38.0. The normalized spacial score (nSPS) is 15.8. The molecule has 26 heavy (non-hydrogen) atoms. The van der Waals surface area contributed by atoms with Crippen LogP contribution in [0.15, 0.2) is 39.7 Å². The Bertz CT molecular complexity index is 929. The maximum absolute atomic E-state index is 12.4. The first-order valence-electron chi connectivity index (χ1n) is 8.02. The first-order chi connectivity index (χ1) is 12.3. The molecule has 3 rings (SSSR count). The highest BCUT2D eigenvalue weighted by Gasteiger charge is 2.36. The van der Waals surface area contributed by atoms with Crippen molar-refractivity contribution in [3.63, 3.8) is 0 Å². The number of nitrogens with zero attached hydrogens (tertiary/aromatic N) is 1. The maximum atomic E-state index is 12.4. The van der Waals surface area contributed by atoms with E-state index in [1.54, 1.807) is 19.1 Å². The molecular formula is C19H18N2O4S. The average molecular weight is 370 g/mol. The third-order valence-corrected chi connectivity index (χ3v) is 4.78. The van der Waals surface area contributed by atoms with Crippen LogP contribution in [0.4, 0.5) is 10.5 Å². The van der Waals surface area contributed by atoms with E-state index in [9.17, 15) is 14.4 Å². The molecule has 1 aromatic carbocycles. The molecule has 2 aromatic rings. The Kier molecular flexibility index (Phi) is 4.99. The lowest BCUT2D eigenvalue weighted by Crippen LogP contribution is -2.36. The predicted octanol–water partition coefficient (Wildman–Crippen LogP) is 3.88. The summed E-state index contributed by atoms with van der Waals surface area (Å²) in [6.07, 6.45) is 1.51. The molecule has 0 saturated carbocycles. The number of amides is 3. The van der Waals surface area contributed by atoms with Crippen LogP contribution in [0.5, 0.6) is 0 Å². The monoisotopic (exact) mass is 370 g/mol. The molecule has 2 heterocycles. The fourth-order valence-electron chi connectivity index (χ4n) is 2.50. The molecule has 7 heteroatoms. The third-order valence-electron chi connectivity index (χ3n) is 3.88. The van der Waals surface area contributed by atoms with Crippen molar-refractivity contribution in [1.29, 1.82) is 0 Å². The lowest BCUT2D eigenvalue weighted by atomic mass is 10.1. The molecule has 0 aliphatic carbocycles. The molecule has 1 fully saturated rings. The number of anilines is 1. The first-order valence-corrected chi connectivity index (χ1v) is 8.84. The van der Waals surface area contributed by atoms with E-state index in [-0.39, 0.29) is 11.4 Å². The van der Waals surface area contributed by atoms with Gasteiger partial charge in [-0.3, -0.25) is 19.3 Å². The smallest absolute Gasteiger partial charge is 0.294 e. The Hall–Kier alpha value is -2.80. The van der Waals surface area contributed by atoms with Crippen molar-refractivity contribution >= 4 is 40.6 Å². The molecule has 134 valence electrons. The predicted molar refractivity (Wildman–Crippen MR) is 101 cm³/mol. The van der Waals surface area contributed by atoms with Gasteiger partial charge in [-0.15, -0.1) is 0 Å². The standard InChI is InChI=1S/C19H18N2O4S/c1-11-4-5-12(2)15(8-11)20-17(22)10-21-18(23)16(26-19(21)24)9-14-7-6-13(3)25-14/h4-9H,10H2,1-3H3,(H,20,22)/b16-9+. The van der Waals surface area contributed by atoms with Crippen molar-refractivity contribution < 1.29 is 18.8 Å². The van der Waals surface area contributed by atoms with E-state index in [1.807, 2.05) is 32.0 Å². The Morgan fingerprint density at radius 1 is 1.19 bits per heavy atom. The maximum Gasteiger partial charge on any atom is 0.294 e. The van der Waals surface area contributed by atoms with Gasteiger partial charge in [0.25, 0.3) is 11.1 Å². The van der Waals surface area contributed by atoms with Gasteiger partial charge >= 0.3 is 0 Å². The largest absolute Gasteiger partial charge is 0.462 e. The van der Waals surface area contributed by atoms with E-state index in [2.05, 4.69) is 5.32 Å². The van der Waals surface area contributed by atoms with Crippen molar-refractivity contribution in [2.45, 2.75) is 20.8 Å². The minimum atomic E-state index is -0.495. The molecule has 1 aromatic heterocycles. The molecule has 1 N–H and O–H groups in total. The summed E-state index contributed by atoms with van der Waals surface area (Å²) < 4.78 is 5.40. The number of aryl methyl sites for hydroxylation is 3. The van der Waals surface area contributed by atoms with E-state index in [4.69, 9.17) is 4.42 Å². The number of hydrogen-bond acceptors (Lipinski definition) is 5. The summed E-state index contributed by atoms with van der Waals surface area (Å²) in [6.45, 7) is 5.27. The van der Waals surface area contributed by atoms with E-state index < -0.39 is 17.1 Å². The molecule has 0 radical (unpaired) electrons. The molecule has 0 atom stereocenters. The van der Waals surface area contributed by atoms with Crippen molar-refractivity contribution in [2.24, 2.45) is 0 Å². The van der Waals surface area contributed by atoms with Crippen LogP contribution < -0.4 is 5.32 Å². The quantitative estimate of drug-likeness (QED) is 0.826. The number of imide groups is 1. The van der Waals surface area contributed by atoms with E-state index >= 15 is 0 Å². The number of furan rings is 1. The van der Waals surface area contributed by atoms with Crippen molar-refractivity contribution in [2.75, 3.05) is 11.9 Å². The zero-order valence-electron chi connectivity index (χ0n) is 14.7. The second kappa shape index (κ2) is 7.21. The van der Waals surface area contributed by atoms with Gasteiger partial charge in [0, 0.05) is 11.8 Å². The van der Waals surface area contributed by atoms with Crippen LogP contribution in [0.1, 0.15) is 22.6 Å². The summed E-state index contributed by atoms with van der Waals surface area (Å²) in [5.74, 6) is 0.289. The van der Waals surface area contributed by atoms with Gasteiger partial charge in [0.2, 0.25) is 5.91 Å². The fourth-order valence-corrected chi connectivity index (χ4v) is 3.32. The number of nitrogens with one attached hydrogen (secondary N) is 1. The number of hydrogen-bond donors (Lipinski definition) is 1. The summed E-state index contributed by atoms with van der Waals surface area (Å²) in [6, 6.07) is 9.19. The molecule has 1 saturated heterocycles. The van der Waals surface area contributed by atoms with Gasteiger partial charge in [-0.1, -0.05) is 12.1 Å². The molecule has 6 nitrogen and oxygen atoms in total. The van der Waals surface area contributed by atoms with Crippen LogP contribution in [0.2, 0.25) is 0 Å². The minimum Gasteiger partial charge on any atom is -0.462 e. The second-order valence-corrected chi connectivity index (χ2v) is 7.08. The summed E-state index contributed by atoms with van der Waals surface area (Å²) in [5, 5.41) is 2.28. The molecule has 0 spiro atoms. The van der Waals surface area contributed by atoms with Gasteiger partial charge in [0.15, 0.2) is 0 Å². The topological polar surface area (TPSA) is 79.6 Å². The molecular weight excluding hydrogens is 352 g/mol. The van der Waals surface area contributed by atoms with Gasteiger partial charge in [-0.2, -0.15) is 0 Å². The fraction of sp³-hybridized carbons (Fsp3) is 0.211. The number of thioether (sulfide) groups is 1. The highest BCUT2D eigenvalue weighted by atomic mass is 32.2. The van der Waals surface area contributed by atoms with Crippen molar-refractivity contribution in [3.8, 4) is 0 Å². The molecule has 0 bridgehead atoms. The van der Waals surface area contributed by atoms with E-state index in [1.165, 1.54) is 6.08 Å². The highest BCUT2D eigenvalue weighted by Crippen LogP contribution is 2.32. The minimum absolute atomic E-state index is 0.240. The van der Waals surface area contributed by atoms with E-state index in [0.717, 1.165) is 27.8 Å². The Morgan fingerprint density at radius 3 is 2.65 bits per heavy atom. The zero-order chi connectivity index (χ0) is 18.8. The van der Waals surface area contributed by atoms with Crippen molar-refractivity contribution in [1.82, 2.24) is 4.90 Å². The zero-order valence-corrected chi connectivity index (χ0v) is 15.5. The van der Waals surface area contributed by atoms with E-state index in [0.29, 0.717) is 17.2 Å². The van der Waals surface area contributed by atoms with Gasteiger partial charge in [-0.05, 0) is 61.9 Å². The van der Waals surface area contributed by atoms with Crippen LogP contribution in [0.3, 0.4) is 0 Å². The van der Waals surface area contributed by atoms with Gasteiger partial charge < -0.3 is 9.73 Å². The van der Waals surface area contributed by atoms with Gasteiger partial charge in [0.1, 0.15) is 18.1 Å². The third kappa shape index (κ3) is 3.88. The highest BCUT2D eigenvalue weighted by molar-refractivity contribution is 8.18. The summed E-state index contributed by atoms with van der Waals surface area (Å²) >= 11 is 0.798. The van der Waals surface area contributed by atoms with Gasteiger partial charge in [0.05, 0.1) is 4.91 Å². The SMILES string of the molecule is Cc1ccc(C)c(NC(=O)CN2C(=O)S/C(=C/c3ccc(C)o3)C2=O)c1. The second-order valence-electron chi connectivity index (χ2n) is 6.08. The van der Waals surface area contributed by atoms with Crippen molar-refractivity contribution in [3.05, 3.63) is 57.9 Å². The molecule has 1 aliphatic rings. The Morgan fingerprint density at radius 2 is 1.96 bits per heavy atom. The number of carbonyl (C=O) groups excluding carboxylic acids is 3. The van der Waals surface area contributed by atoms with Gasteiger partial charge in [-0.25, -0.2) is 0 Å². The summed E-state index contributed by atoms with van der Waals surface area (Å²) in [5.41, 5.74) is 2.59. The number of benzene rings is 1. The first kappa shape index (κ1) is 18.0. The molecule has 1 aliphatic heterocycles. The van der Waals surface area contributed by atoms with Crippen LogP contribution in [-0.2, 0) is 9.59 Å². The van der Waals surface area contributed by atoms with Crippen LogP contribution >= 0.6 is 11.8 Å². The average Bonchev–Trinajstić information content (AvgIpc) is 3.09. The number of carbonyl (C=O) groups is 3. The molecule has 3 amide bonds. The lowest BCUT2D eigenvalue weighted by molar-refractivity contribution is -0.127. The Labute approximate surface area is 155 Å². The Balaban J connectivity index is 1.70. The van der Waals surface area contributed by atoms with Crippen LogP contribution in [-0.4, -0.2) is 28.5 Å². The number of rotatable bonds is 4. The summed E-state index contributed by atoms with van der Waals surface area (Å²) in [7, 11) is 0.